The number of aromatic amines is 1. The molecule has 2 N–H and O–H groups in total. The van der Waals surface area contributed by atoms with Crippen molar-refractivity contribution in [2.75, 3.05) is 0 Å². The van der Waals surface area contributed by atoms with Crippen LogP contribution in [0.15, 0.2) is 28.8 Å². The number of aryl methyl sites for hydroxylation is 2. The Morgan fingerprint density at radius 3 is 2.85 bits per heavy atom. The van der Waals surface area contributed by atoms with E-state index in [1.54, 1.807) is 25.5 Å². The van der Waals surface area contributed by atoms with E-state index >= 15 is 0 Å². The van der Waals surface area contributed by atoms with Crippen LogP contribution in [0.25, 0.3) is 10.7 Å². The van der Waals surface area contributed by atoms with Crippen LogP contribution in [-0.2, 0) is 17.8 Å². The minimum absolute atomic E-state index is 0.0796. The van der Waals surface area contributed by atoms with Crippen molar-refractivity contribution >= 4 is 17.2 Å². The van der Waals surface area contributed by atoms with Crippen LogP contribution in [0.5, 0.6) is 0 Å². The van der Waals surface area contributed by atoms with Gasteiger partial charge in [-0.3, -0.25) is 14.8 Å². The SMILES string of the molecule is Cc1nc(=O)[nH]c(C)c1CCC(=O)NCc1csc(-c2cnccn2)n1. The highest BCUT2D eigenvalue weighted by molar-refractivity contribution is 7.13. The molecule has 0 aliphatic carbocycles. The molecular formula is C17H18N6O2S. The number of thiazole rings is 1. The van der Waals surface area contributed by atoms with Gasteiger partial charge in [0.15, 0.2) is 0 Å². The van der Waals surface area contributed by atoms with Gasteiger partial charge in [0.05, 0.1) is 18.4 Å². The number of hydrogen-bond acceptors (Lipinski definition) is 7. The summed E-state index contributed by atoms with van der Waals surface area (Å²) in [7, 11) is 0. The molecule has 0 bridgehead atoms. The highest BCUT2D eigenvalue weighted by Crippen LogP contribution is 2.20. The Morgan fingerprint density at radius 2 is 2.12 bits per heavy atom. The predicted molar refractivity (Wildman–Crippen MR) is 97.6 cm³/mol. The largest absolute Gasteiger partial charge is 0.350 e. The van der Waals surface area contributed by atoms with Crippen LogP contribution in [0.1, 0.15) is 29.1 Å². The fourth-order valence-corrected chi connectivity index (χ4v) is 3.33. The molecule has 1 amide bonds. The van der Waals surface area contributed by atoms with Gasteiger partial charge in [0.25, 0.3) is 0 Å². The van der Waals surface area contributed by atoms with Crippen LogP contribution in [0.4, 0.5) is 0 Å². The number of carbonyl (C=O) groups excluding carboxylic acids is 1. The highest BCUT2D eigenvalue weighted by Gasteiger charge is 2.10. The third-order valence-electron chi connectivity index (χ3n) is 3.86. The lowest BCUT2D eigenvalue weighted by molar-refractivity contribution is -0.121. The number of nitrogens with zero attached hydrogens (tertiary/aromatic N) is 4. The Morgan fingerprint density at radius 1 is 1.27 bits per heavy atom. The van der Waals surface area contributed by atoms with Gasteiger partial charge in [0.2, 0.25) is 5.91 Å². The van der Waals surface area contributed by atoms with E-state index in [9.17, 15) is 9.59 Å². The smallest absolute Gasteiger partial charge is 0.345 e. The first-order chi connectivity index (χ1) is 12.5. The van der Waals surface area contributed by atoms with Crippen LogP contribution in [0.2, 0.25) is 0 Å². The first-order valence-corrected chi connectivity index (χ1v) is 8.95. The number of amides is 1. The molecular weight excluding hydrogens is 352 g/mol. The fourth-order valence-electron chi connectivity index (χ4n) is 2.55. The van der Waals surface area contributed by atoms with Crippen molar-refractivity contribution in [1.29, 1.82) is 0 Å². The Bertz CT molecular complexity index is 941. The normalized spacial score (nSPS) is 10.7. The summed E-state index contributed by atoms with van der Waals surface area (Å²) in [6, 6.07) is 0. The summed E-state index contributed by atoms with van der Waals surface area (Å²) in [5.41, 5.74) is 3.44. The van der Waals surface area contributed by atoms with Gasteiger partial charge < -0.3 is 10.3 Å². The molecule has 134 valence electrons. The second-order valence-corrected chi connectivity index (χ2v) is 6.60. The minimum Gasteiger partial charge on any atom is -0.350 e. The van der Waals surface area contributed by atoms with E-state index in [1.165, 1.54) is 11.3 Å². The molecule has 0 aromatic carbocycles. The maximum atomic E-state index is 12.1. The summed E-state index contributed by atoms with van der Waals surface area (Å²) in [5, 5.41) is 5.53. The fraction of sp³-hybridized carbons (Fsp3) is 0.294. The first kappa shape index (κ1) is 17.9. The van der Waals surface area contributed by atoms with Crippen molar-refractivity contribution in [2.24, 2.45) is 0 Å². The summed E-state index contributed by atoms with van der Waals surface area (Å²) < 4.78 is 0. The first-order valence-electron chi connectivity index (χ1n) is 8.07. The van der Waals surface area contributed by atoms with Crippen LogP contribution in [-0.4, -0.2) is 30.8 Å². The van der Waals surface area contributed by atoms with Gasteiger partial charge in [-0.25, -0.2) is 9.78 Å². The zero-order chi connectivity index (χ0) is 18.5. The second kappa shape index (κ2) is 7.96. The zero-order valence-corrected chi connectivity index (χ0v) is 15.3. The molecule has 0 unspecified atom stereocenters. The average molecular weight is 370 g/mol. The number of aromatic nitrogens is 5. The van der Waals surface area contributed by atoms with Gasteiger partial charge in [-0.05, 0) is 25.8 Å². The topological polar surface area (TPSA) is 114 Å². The number of H-pyrrole nitrogens is 1. The molecule has 0 aliphatic rings. The summed E-state index contributed by atoms with van der Waals surface area (Å²) in [6.45, 7) is 3.95. The Kier molecular flexibility index (Phi) is 5.47. The van der Waals surface area contributed by atoms with Gasteiger partial charge in [-0.2, -0.15) is 4.98 Å². The van der Waals surface area contributed by atoms with E-state index in [2.05, 4.69) is 30.2 Å². The van der Waals surface area contributed by atoms with E-state index in [1.807, 2.05) is 12.3 Å². The lowest BCUT2D eigenvalue weighted by Crippen LogP contribution is -2.24. The van der Waals surface area contributed by atoms with Crippen LogP contribution in [0, 0.1) is 13.8 Å². The van der Waals surface area contributed by atoms with Crippen LogP contribution >= 0.6 is 11.3 Å². The molecule has 0 spiro atoms. The van der Waals surface area contributed by atoms with E-state index in [4.69, 9.17) is 0 Å². The number of hydrogen-bond donors (Lipinski definition) is 2. The molecule has 3 aromatic heterocycles. The highest BCUT2D eigenvalue weighted by atomic mass is 32.1. The maximum Gasteiger partial charge on any atom is 0.345 e. The van der Waals surface area contributed by atoms with Crippen molar-refractivity contribution in [3.8, 4) is 10.7 Å². The summed E-state index contributed by atoms with van der Waals surface area (Å²) in [5.74, 6) is -0.0796. The molecule has 0 saturated carbocycles. The van der Waals surface area contributed by atoms with Crippen molar-refractivity contribution in [3.05, 3.63) is 57.1 Å². The second-order valence-electron chi connectivity index (χ2n) is 5.74. The van der Waals surface area contributed by atoms with Crippen molar-refractivity contribution in [2.45, 2.75) is 33.2 Å². The van der Waals surface area contributed by atoms with E-state index in [0.29, 0.717) is 30.8 Å². The molecule has 3 aromatic rings. The molecule has 3 rings (SSSR count). The Labute approximate surface area is 153 Å². The number of nitrogens with one attached hydrogen (secondary N) is 2. The maximum absolute atomic E-state index is 12.1. The van der Waals surface area contributed by atoms with Crippen LogP contribution < -0.4 is 11.0 Å². The average Bonchev–Trinajstić information content (AvgIpc) is 3.09. The molecule has 3 heterocycles. The van der Waals surface area contributed by atoms with Gasteiger partial charge in [-0.1, -0.05) is 0 Å². The van der Waals surface area contributed by atoms with Crippen molar-refractivity contribution in [1.82, 2.24) is 30.2 Å². The van der Waals surface area contributed by atoms with Gasteiger partial charge >= 0.3 is 5.69 Å². The standard InChI is InChI=1S/C17H18N6O2S/c1-10-13(11(2)22-17(25)21-10)3-4-15(24)20-7-12-9-26-16(23-12)14-8-18-5-6-19-14/h5-6,8-9H,3-4,7H2,1-2H3,(H,20,24)(H,21,22,25). The molecule has 0 fully saturated rings. The molecule has 9 heteroatoms. The van der Waals surface area contributed by atoms with E-state index in [-0.39, 0.29) is 11.6 Å². The Hall–Kier alpha value is -2.94. The Balaban J connectivity index is 1.54. The van der Waals surface area contributed by atoms with E-state index in [0.717, 1.165) is 22.0 Å². The van der Waals surface area contributed by atoms with E-state index < -0.39 is 0 Å². The molecule has 8 nitrogen and oxygen atoms in total. The quantitative estimate of drug-likeness (QED) is 0.680. The van der Waals surface area contributed by atoms with Crippen molar-refractivity contribution < 1.29 is 4.79 Å². The molecule has 0 saturated heterocycles. The lowest BCUT2D eigenvalue weighted by atomic mass is 10.1. The molecule has 0 aliphatic heterocycles. The van der Waals surface area contributed by atoms with Crippen LogP contribution in [0.3, 0.4) is 0 Å². The monoisotopic (exact) mass is 370 g/mol. The van der Waals surface area contributed by atoms with Gasteiger partial charge in [-0.15, -0.1) is 11.3 Å². The number of rotatable bonds is 6. The number of carbonyl (C=O) groups is 1. The van der Waals surface area contributed by atoms with Gasteiger partial charge in [0, 0.05) is 35.6 Å². The zero-order valence-electron chi connectivity index (χ0n) is 14.4. The minimum atomic E-state index is -0.365. The summed E-state index contributed by atoms with van der Waals surface area (Å²) >= 11 is 1.46. The van der Waals surface area contributed by atoms with Gasteiger partial charge in [0.1, 0.15) is 10.7 Å². The lowest BCUT2D eigenvalue weighted by Gasteiger charge is -2.08. The van der Waals surface area contributed by atoms with Crippen molar-refractivity contribution in [3.63, 3.8) is 0 Å². The molecule has 26 heavy (non-hydrogen) atoms. The summed E-state index contributed by atoms with van der Waals surface area (Å²) in [4.78, 5) is 42.6. The molecule has 0 radical (unpaired) electrons. The third-order valence-corrected chi connectivity index (χ3v) is 4.77. The molecule has 0 atom stereocenters. The third kappa shape index (κ3) is 4.37. The summed E-state index contributed by atoms with van der Waals surface area (Å²) in [6.07, 6.45) is 5.73. The predicted octanol–water partition coefficient (Wildman–Crippen LogP) is 1.55.